The summed E-state index contributed by atoms with van der Waals surface area (Å²) >= 11 is 0. The first-order chi connectivity index (χ1) is 16.0. The molecular formula is C23H26F2N8. The van der Waals surface area contributed by atoms with Crippen molar-refractivity contribution in [3.05, 3.63) is 47.9 Å². The molecule has 0 amide bonds. The van der Waals surface area contributed by atoms with Gasteiger partial charge in [0.05, 0.1) is 0 Å². The highest BCUT2D eigenvalue weighted by Gasteiger charge is 2.43. The number of anilines is 4. The monoisotopic (exact) mass is 452 g/mol. The summed E-state index contributed by atoms with van der Waals surface area (Å²) in [5, 5.41) is 8.28. The van der Waals surface area contributed by atoms with Crippen molar-refractivity contribution >= 4 is 23.4 Å². The molecule has 0 radical (unpaired) electrons. The van der Waals surface area contributed by atoms with E-state index in [0.29, 0.717) is 42.0 Å². The molecule has 2 bridgehead atoms. The molecule has 1 saturated carbocycles. The Labute approximate surface area is 190 Å². The number of piperidine rings is 1. The average molecular weight is 453 g/mol. The molecule has 4 heterocycles. The summed E-state index contributed by atoms with van der Waals surface area (Å²) in [4.78, 5) is 17.6. The third-order valence-corrected chi connectivity index (χ3v) is 7.05. The van der Waals surface area contributed by atoms with Crippen molar-refractivity contribution in [3.8, 4) is 0 Å². The highest BCUT2D eigenvalue weighted by Crippen LogP contribution is 2.40. The summed E-state index contributed by atoms with van der Waals surface area (Å²) in [5.74, 6) is 1.97. The van der Waals surface area contributed by atoms with Crippen LogP contribution in [0.2, 0.25) is 0 Å². The lowest BCUT2D eigenvalue weighted by Gasteiger charge is -2.38. The normalized spacial score (nSPS) is 24.2. The predicted molar refractivity (Wildman–Crippen MR) is 121 cm³/mol. The van der Waals surface area contributed by atoms with E-state index in [1.165, 1.54) is 12.1 Å². The third kappa shape index (κ3) is 3.77. The molecule has 172 valence electrons. The van der Waals surface area contributed by atoms with Gasteiger partial charge in [-0.25, -0.2) is 23.4 Å². The Kier molecular flexibility index (Phi) is 4.88. The number of hydrogen-bond acceptors (Lipinski definition) is 7. The Hall–Kier alpha value is -3.30. The lowest BCUT2D eigenvalue weighted by Crippen LogP contribution is -2.48. The molecule has 8 nitrogen and oxygen atoms in total. The number of benzene rings is 1. The molecule has 10 heteroatoms. The number of nitrogens with one attached hydrogen (secondary N) is 1. The molecule has 6 rings (SSSR count). The van der Waals surface area contributed by atoms with Gasteiger partial charge in [-0.05, 0) is 50.2 Å². The van der Waals surface area contributed by atoms with E-state index >= 15 is 0 Å². The van der Waals surface area contributed by atoms with E-state index in [1.54, 1.807) is 6.33 Å². The molecule has 1 aromatic carbocycles. The quantitative estimate of drug-likeness (QED) is 0.649. The zero-order chi connectivity index (χ0) is 22.5. The van der Waals surface area contributed by atoms with Gasteiger partial charge in [-0.15, -0.1) is 5.10 Å². The fourth-order valence-electron chi connectivity index (χ4n) is 5.57. The third-order valence-electron chi connectivity index (χ3n) is 7.05. The molecular weight excluding hydrogens is 426 g/mol. The molecule has 1 saturated heterocycles. The van der Waals surface area contributed by atoms with Crippen molar-refractivity contribution in [2.75, 3.05) is 34.8 Å². The molecule has 2 fully saturated rings. The Bertz CT molecular complexity index is 1150. The molecule has 2 aromatic heterocycles. The van der Waals surface area contributed by atoms with Gasteiger partial charge >= 0.3 is 0 Å². The smallest absolute Gasteiger partial charge is 0.244 e. The molecule has 1 N–H and O–H groups in total. The fraction of sp³-hybridized carbons (Fsp3) is 0.478. The molecule has 1 aliphatic carbocycles. The molecule has 3 aromatic rings. The first kappa shape index (κ1) is 20.3. The van der Waals surface area contributed by atoms with E-state index in [0.717, 1.165) is 56.5 Å². The lowest BCUT2D eigenvalue weighted by atomic mass is 9.92. The summed E-state index contributed by atoms with van der Waals surface area (Å²) in [5.41, 5.74) is 1.43. The zero-order valence-electron chi connectivity index (χ0n) is 18.5. The van der Waals surface area contributed by atoms with Crippen LogP contribution < -0.4 is 15.1 Å². The highest BCUT2D eigenvalue weighted by molar-refractivity contribution is 5.59. The predicted octanol–water partition coefficient (Wildman–Crippen LogP) is 3.52. The van der Waals surface area contributed by atoms with Crippen molar-refractivity contribution in [3.63, 3.8) is 0 Å². The van der Waals surface area contributed by atoms with Crippen LogP contribution in [-0.4, -0.2) is 50.4 Å². The van der Waals surface area contributed by atoms with Gasteiger partial charge in [-0.2, -0.15) is 4.98 Å². The van der Waals surface area contributed by atoms with Gasteiger partial charge in [0.1, 0.15) is 23.8 Å². The van der Waals surface area contributed by atoms with Crippen LogP contribution in [0, 0.1) is 30.4 Å². The van der Waals surface area contributed by atoms with Crippen LogP contribution >= 0.6 is 0 Å². The summed E-state index contributed by atoms with van der Waals surface area (Å²) in [6.07, 6.45) is 4.78. The van der Waals surface area contributed by atoms with Crippen LogP contribution in [-0.2, 0) is 6.54 Å². The number of fused-ring (bicyclic) bond motifs is 3. The van der Waals surface area contributed by atoms with E-state index < -0.39 is 11.6 Å². The van der Waals surface area contributed by atoms with E-state index in [4.69, 9.17) is 4.98 Å². The fourth-order valence-corrected chi connectivity index (χ4v) is 5.57. The second-order valence-corrected chi connectivity index (χ2v) is 9.28. The number of nitrogens with zero attached hydrogens (tertiary/aromatic N) is 7. The minimum atomic E-state index is -0.595. The van der Waals surface area contributed by atoms with Gasteiger partial charge in [0, 0.05) is 55.7 Å². The summed E-state index contributed by atoms with van der Waals surface area (Å²) < 4.78 is 29.4. The Morgan fingerprint density at radius 2 is 1.73 bits per heavy atom. The van der Waals surface area contributed by atoms with Gasteiger partial charge < -0.3 is 15.1 Å². The standard InChI is InChI=1S/C23H26F2N8/c1-14-7-20(27-13-26-14)31-11-15-3-4-16(12-31)21(15)28-22-29-23-32(5-2-6-33(23)30-22)19-9-17(24)8-18(25)10-19/h7-10,13,15-16,21H,2-6,11-12H2,1H3,(H,28,30). The van der Waals surface area contributed by atoms with Crippen molar-refractivity contribution in [1.29, 1.82) is 0 Å². The van der Waals surface area contributed by atoms with Crippen molar-refractivity contribution < 1.29 is 8.78 Å². The van der Waals surface area contributed by atoms with Crippen LogP contribution in [0.1, 0.15) is 25.0 Å². The maximum atomic E-state index is 13.8. The molecule has 3 aliphatic rings. The van der Waals surface area contributed by atoms with Gasteiger partial charge in [-0.3, -0.25) is 0 Å². The number of aryl methyl sites for hydroxylation is 2. The summed E-state index contributed by atoms with van der Waals surface area (Å²) in [7, 11) is 0. The molecule has 2 atom stereocenters. The van der Waals surface area contributed by atoms with Crippen LogP contribution in [0.15, 0.2) is 30.6 Å². The molecule has 2 aliphatic heterocycles. The van der Waals surface area contributed by atoms with Gasteiger partial charge in [0.2, 0.25) is 11.9 Å². The van der Waals surface area contributed by atoms with Crippen LogP contribution in [0.25, 0.3) is 0 Å². The van der Waals surface area contributed by atoms with E-state index in [-0.39, 0.29) is 0 Å². The minimum Gasteiger partial charge on any atom is -0.356 e. The van der Waals surface area contributed by atoms with Gasteiger partial charge in [-0.1, -0.05) is 0 Å². The van der Waals surface area contributed by atoms with Gasteiger partial charge in [0.25, 0.3) is 0 Å². The van der Waals surface area contributed by atoms with Crippen LogP contribution in [0.5, 0.6) is 0 Å². The van der Waals surface area contributed by atoms with Gasteiger partial charge in [0.15, 0.2) is 0 Å². The zero-order valence-corrected chi connectivity index (χ0v) is 18.5. The largest absolute Gasteiger partial charge is 0.356 e. The molecule has 33 heavy (non-hydrogen) atoms. The Balaban J connectivity index is 1.21. The second kappa shape index (κ2) is 7.93. The molecule has 2 unspecified atom stereocenters. The summed E-state index contributed by atoms with van der Waals surface area (Å²) in [6.45, 7) is 5.24. The lowest BCUT2D eigenvalue weighted by molar-refractivity contribution is 0.374. The van der Waals surface area contributed by atoms with E-state index in [2.05, 4.69) is 25.3 Å². The first-order valence-electron chi connectivity index (χ1n) is 11.5. The Morgan fingerprint density at radius 1 is 0.970 bits per heavy atom. The molecule has 0 spiro atoms. The van der Waals surface area contributed by atoms with Crippen LogP contribution in [0.3, 0.4) is 0 Å². The first-order valence-corrected chi connectivity index (χ1v) is 11.5. The van der Waals surface area contributed by atoms with Crippen molar-refractivity contribution in [2.45, 2.75) is 38.8 Å². The van der Waals surface area contributed by atoms with Crippen LogP contribution in [0.4, 0.5) is 32.2 Å². The number of halogens is 2. The topological polar surface area (TPSA) is 75.0 Å². The van der Waals surface area contributed by atoms with E-state index in [9.17, 15) is 8.78 Å². The summed E-state index contributed by atoms with van der Waals surface area (Å²) in [6, 6.07) is 5.91. The maximum absolute atomic E-state index is 13.8. The maximum Gasteiger partial charge on any atom is 0.244 e. The average Bonchev–Trinajstić information content (AvgIpc) is 3.29. The number of aromatic nitrogens is 5. The SMILES string of the molecule is Cc1cc(N2CC3CCC(C2)C3Nc2nc3n(n2)CCCN3c2cc(F)cc(F)c2)ncn1. The number of rotatable bonds is 4. The highest BCUT2D eigenvalue weighted by atomic mass is 19.1. The second-order valence-electron chi connectivity index (χ2n) is 9.28. The minimum absolute atomic E-state index is 0.300. The van der Waals surface area contributed by atoms with Crippen molar-refractivity contribution in [2.24, 2.45) is 11.8 Å². The Morgan fingerprint density at radius 3 is 2.45 bits per heavy atom. The van der Waals surface area contributed by atoms with Crippen molar-refractivity contribution in [1.82, 2.24) is 24.7 Å². The number of hydrogen-bond donors (Lipinski definition) is 1. The van der Waals surface area contributed by atoms with E-state index in [1.807, 2.05) is 22.6 Å².